The molecule has 18 heavy (non-hydrogen) atoms. The SMILES string of the molecule is COCCCN(C)C(=O)C1Cc2nc[nH]c2CN1. The lowest BCUT2D eigenvalue weighted by atomic mass is 10.0. The van der Waals surface area contributed by atoms with E-state index in [2.05, 4.69) is 15.3 Å². The minimum Gasteiger partial charge on any atom is -0.385 e. The molecule has 2 rings (SSSR count). The number of amides is 1. The Kier molecular flexibility index (Phi) is 4.33. The lowest BCUT2D eigenvalue weighted by Crippen LogP contribution is -2.48. The second-order valence-electron chi connectivity index (χ2n) is 4.57. The van der Waals surface area contributed by atoms with Gasteiger partial charge in [0.15, 0.2) is 0 Å². The number of H-pyrrole nitrogens is 1. The molecule has 1 unspecified atom stereocenters. The molecule has 2 heterocycles. The van der Waals surface area contributed by atoms with Gasteiger partial charge in [-0.15, -0.1) is 0 Å². The molecule has 0 spiro atoms. The third-order valence-electron chi connectivity index (χ3n) is 3.25. The molecule has 0 aromatic carbocycles. The fourth-order valence-corrected chi connectivity index (χ4v) is 2.17. The summed E-state index contributed by atoms with van der Waals surface area (Å²) in [6.45, 7) is 2.08. The maximum atomic E-state index is 12.2. The molecule has 0 radical (unpaired) electrons. The van der Waals surface area contributed by atoms with Crippen molar-refractivity contribution in [3.63, 3.8) is 0 Å². The van der Waals surface area contributed by atoms with E-state index in [1.54, 1.807) is 18.3 Å². The van der Waals surface area contributed by atoms with Crippen molar-refractivity contribution in [2.24, 2.45) is 0 Å². The topological polar surface area (TPSA) is 70.2 Å². The van der Waals surface area contributed by atoms with Crippen LogP contribution >= 0.6 is 0 Å². The summed E-state index contributed by atoms with van der Waals surface area (Å²) in [5.74, 6) is 0.125. The maximum Gasteiger partial charge on any atom is 0.239 e. The predicted octanol–water partition coefficient (Wildman–Crippen LogP) is -0.0811. The number of aromatic amines is 1. The number of rotatable bonds is 5. The van der Waals surface area contributed by atoms with Crippen molar-refractivity contribution in [1.29, 1.82) is 0 Å². The molecule has 1 aliphatic heterocycles. The molecule has 0 fully saturated rings. The van der Waals surface area contributed by atoms with Crippen LogP contribution in [0.1, 0.15) is 17.8 Å². The molecule has 2 N–H and O–H groups in total. The summed E-state index contributed by atoms with van der Waals surface area (Å²) in [5, 5.41) is 3.24. The summed E-state index contributed by atoms with van der Waals surface area (Å²) < 4.78 is 4.99. The van der Waals surface area contributed by atoms with Crippen LogP contribution in [0.3, 0.4) is 0 Å². The highest BCUT2D eigenvalue weighted by Crippen LogP contribution is 2.13. The second kappa shape index (κ2) is 5.97. The number of nitrogens with zero attached hydrogens (tertiary/aromatic N) is 2. The Morgan fingerprint density at radius 1 is 1.67 bits per heavy atom. The molecular weight excluding hydrogens is 232 g/mol. The van der Waals surface area contributed by atoms with Gasteiger partial charge in [-0.3, -0.25) is 10.1 Å². The number of ether oxygens (including phenoxy) is 1. The Morgan fingerprint density at radius 2 is 2.50 bits per heavy atom. The summed E-state index contributed by atoms with van der Waals surface area (Å²) in [6, 6.07) is -0.159. The normalized spacial score (nSPS) is 18.4. The van der Waals surface area contributed by atoms with E-state index in [4.69, 9.17) is 4.74 Å². The standard InChI is InChI=1S/C12H20N4O2/c1-16(4-3-5-18-2)12(17)10-6-9-11(7-13-10)15-8-14-9/h8,10,13H,3-7H2,1-2H3,(H,14,15). The third kappa shape index (κ3) is 2.88. The monoisotopic (exact) mass is 252 g/mol. The second-order valence-corrected chi connectivity index (χ2v) is 4.57. The first-order valence-corrected chi connectivity index (χ1v) is 6.20. The van der Waals surface area contributed by atoms with Crippen LogP contribution in [0, 0.1) is 0 Å². The molecule has 6 heteroatoms. The number of aromatic nitrogens is 2. The van der Waals surface area contributed by atoms with Crippen LogP contribution in [-0.2, 0) is 22.5 Å². The smallest absolute Gasteiger partial charge is 0.239 e. The van der Waals surface area contributed by atoms with E-state index in [0.717, 1.165) is 24.4 Å². The van der Waals surface area contributed by atoms with Crippen molar-refractivity contribution in [2.75, 3.05) is 27.3 Å². The van der Waals surface area contributed by atoms with E-state index in [0.29, 0.717) is 19.6 Å². The van der Waals surface area contributed by atoms with Gasteiger partial charge in [0.05, 0.1) is 23.8 Å². The molecule has 1 aromatic rings. The van der Waals surface area contributed by atoms with Gasteiger partial charge in [0.1, 0.15) is 0 Å². The van der Waals surface area contributed by atoms with Crippen molar-refractivity contribution < 1.29 is 9.53 Å². The average Bonchev–Trinajstić information content (AvgIpc) is 2.85. The lowest BCUT2D eigenvalue weighted by molar-refractivity contribution is -0.132. The molecule has 1 aliphatic rings. The number of methoxy groups -OCH3 is 1. The molecule has 0 saturated heterocycles. The van der Waals surface area contributed by atoms with E-state index in [9.17, 15) is 4.79 Å². The highest BCUT2D eigenvalue weighted by atomic mass is 16.5. The van der Waals surface area contributed by atoms with Crippen LogP contribution in [-0.4, -0.2) is 54.1 Å². The van der Waals surface area contributed by atoms with E-state index >= 15 is 0 Å². The van der Waals surface area contributed by atoms with Gasteiger partial charge < -0.3 is 14.6 Å². The number of carbonyl (C=O) groups is 1. The fraction of sp³-hybridized carbons (Fsp3) is 0.667. The fourth-order valence-electron chi connectivity index (χ4n) is 2.17. The van der Waals surface area contributed by atoms with Crippen LogP contribution in [0.2, 0.25) is 0 Å². The maximum absolute atomic E-state index is 12.2. The van der Waals surface area contributed by atoms with Gasteiger partial charge in [-0.2, -0.15) is 0 Å². The Labute approximate surface area is 107 Å². The number of hydrogen-bond acceptors (Lipinski definition) is 4. The zero-order chi connectivity index (χ0) is 13.0. The van der Waals surface area contributed by atoms with Crippen LogP contribution in [0.4, 0.5) is 0 Å². The van der Waals surface area contributed by atoms with Gasteiger partial charge in [0.2, 0.25) is 5.91 Å². The van der Waals surface area contributed by atoms with Crippen LogP contribution in [0.25, 0.3) is 0 Å². The largest absolute Gasteiger partial charge is 0.385 e. The minimum absolute atomic E-state index is 0.125. The number of imidazole rings is 1. The Hall–Kier alpha value is -1.40. The predicted molar refractivity (Wildman–Crippen MR) is 67.0 cm³/mol. The van der Waals surface area contributed by atoms with E-state index in [1.165, 1.54) is 0 Å². The lowest BCUT2D eigenvalue weighted by Gasteiger charge is -2.27. The quantitative estimate of drug-likeness (QED) is 0.719. The first kappa shape index (κ1) is 13.0. The van der Waals surface area contributed by atoms with Gasteiger partial charge in [-0.05, 0) is 6.42 Å². The van der Waals surface area contributed by atoms with Crippen molar-refractivity contribution in [1.82, 2.24) is 20.2 Å². The summed E-state index contributed by atoms with van der Waals surface area (Å²) in [4.78, 5) is 21.3. The molecule has 0 bridgehead atoms. The highest BCUT2D eigenvalue weighted by molar-refractivity contribution is 5.82. The first-order valence-electron chi connectivity index (χ1n) is 6.20. The van der Waals surface area contributed by atoms with Crippen LogP contribution in [0.5, 0.6) is 0 Å². The highest BCUT2D eigenvalue weighted by Gasteiger charge is 2.27. The summed E-state index contributed by atoms with van der Waals surface area (Å²) in [7, 11) is 3.50. The van der Waals surface area contributed by atoms with Gasteiger partial charge in [0, 0.05) is 40.3 Å². The zero-order valence-electron chi connectivity index (χ0n) is 10.9. The van der Waals surface area contributed by atoms with Crippen molar-refractivity contribution in [3.8, 4) is 0 Å². The molecule has 1 amide bonds. The molecule has 0 aliphatic carbocycles. The molecular formula is C12H20N4O2. The summed E-state index contributed by atoms with van der Waals surface area (Å²) in [6.07, 6.45) is 3.20. The summed E-state index contributed by atoms with van der Waals surface area (Å²) >= 11 is 0. The van der Waals surface area contributed by atoms with Crippen molar-refractivity contribution >= 4 is 5.91 Å². The Morgan fingerprint density at radius 3 is 3.28 bits per heavy atom. The number of hydrogen-bond donors (Lipinski definition) is 2. The molecule has 1 atom stereocenters. The van der Waals surface area contributed by atoms with Gasteiger partial charge in [-0.1, -0.05) is 0 Å². The third-order valence-corrected chi connectivity index (χ3v) is 3.25. The van der Waals surface area contributed by atoms with Crippen LogP contribution in [0.15, 0.2) is 6.33 Å². The van der Waals surface area contributed by atoms with Gasteiger partial charge in [0.25, 0.3) is 0 Å². The van der Waals surface area contributed by atoms with E-state index in [-0.39, 0.29) is 11.9 Å². The molecule has 6 nitrogen and oxygen atoms in total. The molecule has 100 valence electrons. The first-order chi connectivity index (χ1) is 8.72. The van der Waals surface area contributed by atoms with E-state index in [1.807, 2.05) is 7.05 Å². The minimum atomic E-state index is -0.159. The van der Waals surface area contributed by atoms with Gasteiger partial charge in [-0.25, -0.2) is 4.98 Å². The number of fused-ring (bicyclic) bond motifs is 1. The van der Waals surface area contributed by atoms with Crippen molar-refractivity contribution in [3.05, 3.63) is 17.7 Å². The molecule has 1 aromatic heterocycles. The summed E-state index contributed by atoms with van der Waals surface area (Å²) in [5.41, 5.74) is 2.08. The number of nitrogens with one attached hydrogen (secondary N) is 2. The Bertz CT molecular complexity index is 405. The Balaban J connectivity index is 1.87. The van der Waals surface area contributed by atoms with Crippen LogP contribution < -0.4 is 5.32 Å². The average molecular weight is 252 g/mol. The number of carbonyl (C=O) groups excluding carboxylic acids is 1. The van der Waals surface area contributed by atoms with Gasteiger partial charge >= 0.3 is 0 Å². The van der Waals surface area contributed by atoms with Crippen molar-refractivity contribution in [2.45, 2.75) is 25.4 Å². The number of likely N-dealkylation sites (N-methyl/N-ethyl adjacent to an activating group) is 1. The van der Waals surface area contributed by atoms with E-state index < -0.39 is 0 Å². The zero-order valence-corrected chi connectivity index (χ0v) is 10.9. The molecule has 0 saturated carbocycles.